The van der Waals surface area contributed by atoms with Crippen LogP contribution in [0.5, 0.6) is 12.1 Å². The van der Waals surface area contributed by atoms with Gasteiger partial charge in [0.05, 0.1) is 5.69 Å². The maximum Gasteiger partial charge on any atom is 0.401 e. The lowest BCUT2D eigenvalue weighted by atomic mass is 10.5. The molecule has 0 amide bonds. The molecule has 0 aliphatic rings. The molecule has 7 heteroatoms. The lowest BCUT2D eigenvalue weighted by Gasteiger charge is -1.94. The Morgan fingerprint density at radius 2 is 2.44 bits per heavy atom. The summed E-state index contributed by atoms with van der Waals surface area (Å²) in [4.78, 5) is 8.01. The summed E-state index contributed by atoms with van der Waals surface area (Å²) in [5.74, 6) is 0. The minimum Gasteiger partial charge on any atom is -0.417 e. The Hall–Kier alpha value is -1.89. The molecule has 86 valence electrons. The quantitative estimate of drug-likeness (QED) is 0.804. The highest BCUT2D eigenvalue weighted by molar-refractivity contribution is 5.04. The van der Waals surface area contributed by atoms with E-state index >= 15 is 0 Å². The molecule has 2 rings (SSSR count). The second-order valence-corrected chi connectivity index (χ2v) is 3.19. The van der Waals surface area contributed by atoms with Crippen molar-refractivity contribution < 1.29 is 9.15 Å². The predicted octanol–water partition coefficient (Wildman–Crippen LogP) is 0.705. The van der Waals surface area contributed by atoms with Gasteiger partial charge in [-0.05, 0) is 6.54 Å². The van der Waals surface area contributed by atoms with E-state index in [1.807, 2.05) is 6.92 Å². The summed E-state index contributed by atoms with van der Waals surface area (Å²) in [6.07, 6.45) is 3.23. The molecule has 2 aromatic rings. The van der Waals surface area contributed by atoms with Crippen LogP contribution in [0, 0.1) is 0 Å². The van der Waals surface area contributed by atoms with Crippen LogP contribution in [0.4, 0.5) is 0 Å². The molecule has 0 aromatic carbocycles. The van der Waals surface area contributed by atoms with Crippen molar-refractivity contribution in [2.24, 2.45) is 7.05 Å². The van der Waals surface area contributed by atoms with Gasteiger partial charge in [-0.15, -0.1) is 5.10 Å². The normalized spacial score (nSPS) is 10.6. The first-order valence-corrected chi connectivity index (χ1v) is 4.96. The highest BCUT2D eigenvalue weighted by atomic mass is 16.6. The molecule has 0 bridgehead atoms. The van der Waals surface area contributed by atoms with Crippen molar-refractivity contribution in [1.82, 2.24) is 25.1 Å². The summed E-state index contributed by atoms with van der Waals surface area (Å²) < 4.78 is 11.9. The summed E-state index contributed by atoms with van der Waals surface area (Å²) in [6.45, 7) is 3.55. The fourth-order valence-electron chi connectivity index (χ4n) is 1.11. The SMILES string of the molecule is CCNCc1coc(Oc2ncn(C)n2)n1. The van der Waals surface area contributed by atoms with Gasteiger partial charge in [0.15, 0.2) is 0 Å². The molecule has 0 saturated carbocycles. The van der Waals surface area contributed by atoms with Gasteiger partial charge < -0.3 is 14.5 Å². The average molecular weight is 223 g/mol. The molecule has 2 heterocycles. The minimum absolute atomic E-state index is 0.152. The predicted molar refractivity (Wildman–Crippen MR) is 55.0 cm³/mol. The highest BCUT2D eigenvalue weighted by Gasteiger charge is 2.08. The van der Waals surface area contributed by atoms with Gasteiger partial charge in [0.2, 0.25) is 0 Å². The maximum absolute atomic E-state index is 5.21. The van der Waals surface area contributed by atoms with Crippen molar-refractivity contribution >= 4 is 0 Å². The molecule has 0 fully saturated rings. The van der Waals surface area contributed by atoms with Gasteiger partial charge in [-0.2, -0.15) is 9.97 Å². The molecule has 2 aromatic heterocycles. The second-order valence-electron chi connectivity index (χ2n) is 3.19. The number of hydrogen-bond acceptors (Lipinski definition) is 6. The Kier molecular flexibility index (Phi) is 3.16. The van der Waals surface area contributed by atoms with E-state index in [4.69, 9.17) is 9.15 Å². The first-order valence-electron chi connectivity index (χ1n) is 4.96. The van der Waals surface area contributed by atoms with E-state index in [-0.39, 0.29) is 12.1 Å². The Morgan fingerprint density at radius 1 is 1.56 bits per heavy atom. The van der Waals surface area contributed by atoms with Crippen LogP contribution in [0.2, 0.25) is 0 Å². The van der Waals surface area contributed by atoms with Gasteiger partial charge in [0, 0.05) is 13.6 Å². The number of nitrogens with zero attached hydrogens (tertiary/aromatic N) is 4. The summed E-state index contributed by atoms with van der Waals surface area (Å²) in [6, 6.07) is 0.222. The molecule has 0 aliphatic heterocycles. The number of aromatic nitrogens is 4. The van der Waals surface area contributed by atoms with Gasteiger partial charge in [-0.1, -0.05) is 6.92 Å². The number of rotatable bonds is 5. The number of hydrogen-bond donors (Lipinski definition) is 1. The third-order valence-corrected chi connectivity index (χ3v) is 1.84. The lowest BCUT2D eigenvalue weighted by Crippen LogP contribution is -2.11. The fraction of sp³-hybridized carbons (Fsp3) is 0.444. The van der Waals surface area contributed by atoms with Gasteiger partial charge in [0.1, 0.15) is 12.6 Å². The van der Waals surface area contributed by atoms with Crippen molar-refractivity contribution in [2.75, 3.05) is 6.54 Å². The average Bonchev–Trinajstić information content (AvgIpc) is 2.86. The van der Waals surface area contributed by atoms with Crippen LogP contribution in [0.15, 0.2) is 17.0 Å². The largest absolute Gasteiger partial charge is 0.417 e. The number of nitrogens with one attached hydrogen (secondary N) is 1. The summed E-state index contributed by atoms with van der Waals surface area (Å²) in [5, 5.41) is 7.08. The van der Waals surface area contributed by atoms with Gasteiger partial charge in [-0.25, -0.2) is 0 Å². The van der Waals surface area contributed by atoms with Crippen LogP contribution in [0.25, 0.3) is 0 Å². The highest BCUT2D eigenvalue weighted by Crippen LogP contribution is 2.15. The Labute approximate surface area is 92.5 Å². The molecule has 16 heavy (non-hydrogen) atoms. The van der Waals surface area contributed by atoms with Gasteiger partial charge >= 0.3 is 12.1 Å². The molecule has 0 aliphatic carbocycles. The maximum atomic E-state index is 5.21. The van der Waals surface area contributed by atoms with E-state index in [0.717, 1.165) is 12.2 Å². The molecule has 0 atom stereocenters. The van der Waals surface area contributed by atoms with Crippen LogP contribution in [0.1, 0.15) is 12.6 Å². The second kappa shape index (κ2) is 4.75. The summed E-state index contributed by atoms with van der Waals surface area (Å²) in [5.41, 5.74) is 0.785. The first-order chi connectivity index (χ1) is 7.78. The van der Waals surface area contributed by atoms with E-state index < -0.39 is 0 Å². The molecular formula is C9H13N5O2. The zero-order chi connectivity index (χ0) is 11.4. The third-order valence-electron chi connectivity index (χ3n) is 1.84. The fourth-order valence-corrected chi connectivity index (χ4v) is 1.11. The van der Waals surface area contributed by atoms with E-state index in [9.17, 15) is 0 Å². The van der Waals surface area contributed by atoms with Gasteiger partial charge in [-0.3, -0.25) is 4.68 Å². The molecule has 0 radical (unpaired) electrons. The third kappa shape index (κ3) is 2.57. The first kappa shape index (κ1) is 10.6. The van der Waals surface area contributed by atoms with Crippen LogP contribution in [-0.4, -0.2) is 26.3 Å². The van der Waals surface area contributed by atoms with E-state index in [2.05, 4.69) is 20.4 Å². The van der Waals surface area contributed by atoms with Crippen molar-refractivity contribution in [1.29, 1.82) is 0 Å². The van der Waals surface area contributed by atoms with Crippen molar-refractivity contribution in [3.05, 3.63) is 18.3 Å². The monoisotopic (exact) mass is 223 g/mol. The van der Waals surface area contributed by atoms with Crippen LogP contribution >= 0.6 is 0 Å². The molecule has 0 saturated heterocycles. The number of ether oxygens (including phenoxy) is 1. The Morgan fingerprint density at radius 3 is 3.12 bits per heavy atom. The zero-order valence-corrected chi connectivity index (χ0v) is 9.17. The minimum atomic E-state index is 0.152. The van der Waals surface area contributed by atoms with Crippen LogP contribution < -0.4 is 10.1 Å². The topological polar surface area (TPSA) is 78.0 Å². The van der Waals surface area contributed by atoms with Crippen molar-refractivity contribution in [2.45, 2.75) is 13.5 Å². The van der Waals surface area contributed by atoms with E-state index in [1.54, 1.807) is 13.3 Å². The molecule has 7 nitrogen and oxygen atoms in total. The summed E-state index contributed by atoms with van der Waals surface area (Å²) >= 11 is 0. The molecule has 0 spiro atoms. The zero-order valence-electron chi connectivity index (χ0n) is 9.17. The smallest absolute Gasteiger partial charge is 0.401 e. The van der Waals surface area contributed by atoms with Gasteiger partial charge in [0.25, 0.3) is 0 Å². The van der Waals surface area contributed by atoms with Crippen molar-refractivity contribution in [3.8, 4) is 12.1 Å². The summed E-state index contributed by atoms with van der Waals surface area (Å²) in [7, 11) is 1.76. The van der Waals surface area contributed by atoms with E-state index in [1.165, 1.54) is 11.0 Å². The van der Waals surface area contributed by atoms with Crippen LogP contribution in [-0.2, 0) is 13.6 Å². The standard InChI is InChI=1S/C9H13N5O2/c1-3-10-4-7-5-15-9(12-7)16-8-11-6-14(2)13-8/h5-6,10H,3-4H2,1-2H3. The van der Waals surface area contributed by atoms with Crippen LogP contribution in [0.3, 0.4) is 0 Å². The molecule has 1 N–H and O–H groups in total. The Balaban J connectivity index is 1.97. The lowest BCUT2D eigenvalue weighted by molar-refractivity contribution is 0.311. The molecular weight excluding hydrogens is 210 g/mol. The number of oxazole rings is 1. The number of aryl methyl sites for hydroxylation is 1. The molecule has 0 unspecified atom stereocenters. The van der Waals surface area contributed by atoms with E-state index in [0.29, 0.717) is 6.54 Å². The Bertz CT molecular complexity index is 450. The van der Waals surface area contributed by atoms with Crippen molar-refractivity contribution in [3.63, 3.8) is 0 Å².